The summed E-state index contributed by atoms with van der Waals surface area (Å²) in [5.74, 6) is 0. The first-order valence-electron chi connectivity index (χ1n) is 5.58. The Morgan fingerprint density at radius 2 is 1.87 bits per heavy atom. The molecule has 0 saturated heterocycles. The number of likely N-dealkylation sites (N-methyl/N-ethyl adjacent to an activating group) is 1. The molecule has 1 nitrogen and oxygen atoms in total. The van der Waals surface area contributed by atoms with Crippen LogP contribution >= 0.6 is 0 Å². The second-order valence-corrected chi connectivity index (χ2v) is 4.19. The monoisotopic (exact) mass is 203 g/mol. The lowest BCUT2D eigenvalue weighted by molar-refractivity contribution is 0.644. The largest absolute Gasteiger partial charge is 0.307 e. The summed E-state index contributed by atoms with van der Waals surface area (Å²) in [5, 5.41) is 3.47. The summed E-state index contributed by atoms with van der Waals surface area (Å²) in [7, 11) is 0. The Hall–Kier alpha value is -1.08. The van der Waals surface area contributed by atoms with E-state index in [1.807, 2.05) is 0 Å². The van der Waals surface area contributed by atoms with Crippen molar-refractivity contribution in [2.75, 3.05) is 6.54 Å². The van der Waals surface area contributed by atoms with Crippen LogP contribution in [0.4, 0.5) is 0 Å². The summed E-state index contributed by atoms with van der Waals surface area (Å²) in [6, 6.07) is 9.07. The third kappa shape index (κ3) is 3.88. The van der Waals surface area contributed by atoms with Gasteiger partial charge in [0.1, 0.15) is 0 Å². The molecule has 0 aliphatic carbocycles. The van der Waals surface area contributed by atoms with Gasteiger partial charge in [0, 0.05) is 0 Å². The molecule has 0 aromatic heterocycles. The Morgan fingerprint density at radius 3 is 2.33 bits per heavy atom. The summed E-state index contributed by atoms with van der Waals surface area (Å²) in [4.78, 5) is 0. The fourth-order valence-electron chi connectivity index (χ4n) is 1.60. The Morgan fingerprint density at radius 1 is 1.27 bits per heavy atom. The highest BCUT2D eigenvalue weighted by Gasteiger charge is 2.05. The number of hydrogen-bond acceptors (Lipinski definition) is 1. The topological polar surface area (TPSA) is 12.0 Å². The van der Waals surface area contributed by atoms with Gasteiger partial charge < -0.3 is 5.32 Å². The van der Waals surface area contributed by atoms with Crippen molar-refractivity contribution in [3.8, 4) is 0 Å². The lowest BCUT2D eigenvalue weighted by atomic mass is 10.0. The zero-order chi connectivity index (χ0) is 11.3. The maximum atomic E-state index is 3.47. The zero-order valence-corrected chi connectivity index (χ0v) is 10.2. The summed E-state index contributed by atoms with van der Waals surface area (Å²) < 4.78 is 0. The minimum atomic E-state index is 0.348. The molecule has 0 saturated carbocycles. The highest BCUT2D eigenvalue weighted by molar-refractivity contribution is 5.27. The minimum absolute atomic E-state index is 0.348. The first kappa shape index (κ1) is 12.0. The molecule has 82 valence electrons. The number of hydrogen-bond donors (Lipinski definition) is 1. The van der Waals surface area contributed by atoms with Crippen molar-refractivity contribution in [2.24, 2.45) is 0 Å². The average Bonchev–Trinajstić information content (AvgIpc) is 2.17. The molecule has 1 aromatic carbocycles. The van der Waals surface area contributed by atoms with Crippen molar-refractivity contribution in [3.05, 3.63) is 47.0 Å². The predicted molar refractivity (Wildman–Crippen MR) is 67.0 cm³/mol. The van der Waals surface area contributed by atoms with Crippen LogP contribution < -0.4 is 5.32 Å². The molecule has 0 fully saturated rings. The van der Waals surface area contributed by atoms with E-state index < -0.39 is 0 Å². The second-order valence-electron chi connectivity index (χ2n) is 4.19. The van der Waals surface area contributed by atoms with E-state index in [-0.39, 0.29) is 0 Å². The first-order chi connectivity index (χ1) is 7.13. The predicted octanol–water partition coefficient (Wildman–Crippen LogP) is 3.61. The van der Waals surface area contributed by atoms with E-state index in [1.54, 1.807) is 0 Å². The summed E-state index contributed by atoms with van der Waals surface area (Å²) in [5.41, 5.74) is 4.00. The number of rotatable bonds is 4. The van der Waals surface area contributed by atoms with Gasteiger partial charge in [-0.3, -0.25) is 0 Å². The molecule has 1 rings (SSSR count). The zero-order valence-electron chi connectivity index (χ0n) is 10.2. The highest BCUT2D eigenvalue weighted by atomic mass is 14.9. The van der Waals surface area contributed by atoms with Crippen molar-refractivity contribution in [2.45, 2.75) is 33.7 Å². The maximum Gasteiger partial charge on any atom is 0.0508 e. The van der Waals surface area contributed by atoms with Gasteiger partial charge in [-0.2, -0.15) is 0 Å². The average molecular weight is 203 g/mol. The number of aryl methyl sites for hydroxylation is 1. The van der Waals surface area contributed by atoms with Gasteiger partial charge in [0.15, 0.2) is 0 Å². The molecule has 1 atom stereocenters. The molecule has 0 bridgehead atoms. The van der Waals surface area contributed by atoms with Crippen LogP contribution in [-0.2, 0) is 0 Å². The van der Waals surface area contributed by atoms with E-state index in [0.29, 0.717) is 6.04 Å². The van der Waals surface area contributed by atoms with Crippen LogP contribution in [0, 0.1) is 6.92 Å². The molecule has 0 aliphatic rings. The molecule has 1 unspecified atom stereocenters. The quantitative estimate of drug-likeness (QED) is 0.737. The molecule has 0 aliphatic heterocycles. The van der Waals surface area contributed by atoms with Gasteiger partial charge in [-0.05, 0) is 32.9 Å². The summed E-state index contributed by atoms with van der Waals surface area (Å²) >= 11 is 0. The molecule has 1 aromatic rings. The van der Waals surface area contributed by atoms with Gasteiger partial charge in [0.05, 0.1) is 6.04 Å². The van der Waals surface area contributed by atoms with Gasteiger partial charge in [0.25, 0.3) is 0 Å². The lowest BCUT2D eigenvalue weighted by Gasteiger charge is -2.15. The SMILES string of the molecule is CCNC(C=C(C)C)c1ccc(C)cc1. The molecule has 0 radical (unpaired) electrons. The summed E-state index contributed by atoms with van der Waals surface area (Å²) in [6.07, 6.45) is 2.27. The molecule has 0 amide bonds. The number of nitrogens with one attached hydrogen (secondary N) is 1. The maximum absolute atomic E-state index is 3.47. The fraction of sp³-hybridized carbons (Fsp3) is 0.429. The van der Waals surface area contributed by atoms with Crippen molar-refractivity contribution in [1.29, 1.82) is 0 Å². The lowest BCUT2D eigenvalue weighted by Crippen LogP contribution is -2.19. The van der Waals surface area contributed by atoms with Crippen LogP contribution in [0.15, 0.2) is 35.9 Å². The third-order valence-corrected chi connectivity index (χ3v) is 2.36. The van der Waals surface area contributed by atoms with E-state index in [2.05, 4.69) is 63.4 Å². The van der Waals surface area contributed by atoms with Crippen LogP contribution in [0.25, 0.3) is 0 Å². The molecule has 1 N–H and O–H groups in total. The van der Waals surface area contributed by atoms with Gasteiger partial charge in [-0.25, -0.2) is 0 Å². The fourth-order valence-corrected chi connectivity index (χ4v) is 1.60. The van der Waals surface area contributed by atoms with Gasteiger partial charge in [-0.15, -0.1) is 0 Å². The minimum Gasteiger partial charge on any atom is -0.307 e. The molecule has 15 heavy (non-hydrogen) atoms. The standard InChI is InChI=1S/C14H21N/c1-5-15-14(10-11(2)3)13-8-6-12(4)7-9-13/h6-10,14-15H,5H2,1-4H3. The molecule has 1 heteroatoms. The van der Waals surface area contributed by atoms with Gasteiger partial charge >= 0.3 is 0 Å². The molecular formula is C14H21N. The highest BCUT2D eigenvalue weighted by Crippen LogP contribution is 2.16. The van der Waals surface area contributed by atoms with Crippen molar-refractivity contribution in [1.82, 2.24) is 5.32 Å². The Labute approximate surface area is 93.2 Å². The molecule has 0 spiro atoms. The van der Waals surface area contributed by atoms with Crippen LogP contribution in [0.2, 0.25) is 0 Å². The van der Waals surface area contributed by atoms with E-state index >= 15 is 0 Å². The van der Waals surface area contributed by atoms with Gasteiger partial charge in [-0.1, -0.05) is 48.4 Å². The van der Waals surface area contributed by atoms with E-state index in [9.17, 15) is 0 Å². The van der Waals surface area contributed by atoms with Crippen molar-refractivity contribution < 1.29 is 0 Å². The van der Waals surface area contributed by atoms with Crippen LogP contribution in [0.5, 0.6) is 0 Å². The second kappa shape index (κ2) is 5.72. The van der Waals surface area contributed by atoms with E-state index in [0.717, 1.165) is 6.54 Å². The molecular weight excluding hydrogens is 182 g/mol. The molecule has 0 heterocycles. The van der Waals surface area contributed by atoms with Crippen molar-refractivity contribution in [3.63, 3.8) is 0 Å². The van der Waals surface area contributed by atoms with Crippen molar-refractivity contribution >= 4 is 0 Å². The first-order valence-corrected chi connectivity index (χ1v) is 5.58. The Bertz CT molecular complexity index is 318. The van der Waals surface area contributed by atoms with E-state index in [4.69, 9.17) is 0 Å². The van der Waals surface area contributed by atoms with Crippen LogP contribution in [0.3, 0.4) is 0 Å². The Kier molecular flexibility index (Phi) is 4.57. The number of allylic oxidation sites excluding steroid dienone is 1. The van der Waals surface area contributed by atoms with E-state index in [1.165, 1.54) is 16.7 Å². The van der Waals surface area contributed by atoms with Crippen LogP contribution in [-0.4, -0.2) is 6.54 Å². The Balaban J connectivity index is 2.88. The van der Waals surface area contributed by atoms with Gasteiger partial charge in [0.2, 0.25) is 0 Å². The third-order valence-electron chi connectivity index (χ3n) is 2.36. The van der Waals surface area contributed by atoms with Crippen LogP contribution in [0.1, 0.15) is 37.9 Å². The number of benzene rings is 1. The summed E-state index contributed by atoms with van der Waals surface area (Å²) in [6.45, 7) is 9.52. The smallest absolute Gasteiger partial charge is 0.0508 e. The normalized spacial score (nSPS) is 12.3.